The molecule has 0 radical (unpaired) electrons. The summed E-state index contributed by atoms with van der Waals surface area (Å²) < 4.78 is 0. The quantitative estimate of drug-likeness (QED) is 0.847. The van der Waals surface area contributed by atoms with E-state index in [0.717, 1.165) is 25.9 Å². The van der Waals surface area contributed by atoms with Gasteiger partial charge in [0.1, 0.15) is 0 Å². The average molecular weight is 264 g/mol. The minimum Gasteiger partial charge on any atom is -0.368 e. The van der Waals surface area contributed by atoms with Gasteiger partial charge in [0.15, 0.2) is 0 Å². The summed E-state index contributed by atoms with van der Waals surface area (Å²) >= 11 is 0. The summed E-state index contributed by atoms with van der Waals surface area (Å²) in [5.74, 6) is 1.60. The molecule has 1 aromatic rings. The van der Waals surface area contributed by atoms with Crippen LogP contribution in [0.5, 0.6) is 0 Å². The molecular weight excluding hydrogens is 240 g/mol. The van der Waals surface area contributed by atoms with Crippen LogP contribution in [0.4, 0.5) is 17.8 Å². The minimum atomic E-state index is 0.295. The van der Waals surface area contributed by atoms with Crippen molar-refractivity contribution in [1.29, 1.82) is 0 Å². The van der Waals surface area contributed by atoms with E-state index >= 15 is 0 Å². The number of anilines is 3. The zero-order valence-electron chi connectivity index (χ0n) is 11.9. The minimum absolute atomic E-state index is 0.295. The summed E-state index contributed by atoms with van der Waals surface area (Å²) in [5, 5.41) is 3.33. The van der Waals surface area contributed by atoms with Gasteiger partial charge in [-0.05, 0) is 32.1 Å². The van der Waals surface area contributed by atoms with Gasteiger partial charge in [0.05, 0.1) is 0 Å². The van der Waals surface area contributed by atoms with Gasteiger partial charge in [0.25, 0.3) is 0 Å². The number of nitrogens with one attached hydrogen (secondary N) is 1. The number of hydrogen-bond donors (Lipinski definition) is 2. The molecule has 1 aromatic heterocycles. The Kier molecular flexibility index (Phi) is 4.76. The summed E-state index contributed by atoms with van der Waals surface area (Å²) in [6.07, 6.45) is 5.76. The van der Waals surface area contributed by atoms with Gasteiger partial charge in [-0.25, -0.2) is 0 Å². The van der Waals surface area contributed by atoms with Crippen LogP contribution in [0.2, 0.25) is 0 Å². The Balaban J connectivity index is 2.13. The standard InChI is InChI=1S/C13H24N6/c1-3-10(4-2)15-12-16-11(14)17-13(18-12)19-8-6-5-7-9-19/h10H,3-9H2,1-2H3,(H3,14,15,16,17,18). The fourth-order valence-electron chi connectivity index (χ4n) is 2.36. The first-order valence-electron chi connectivity index (χ1n) is 7.26. The van der Waals surface area contributed by atoms with E-state index in [1.807, 2.05) is 0 Å². The van der Waals surface area contributed by atoms with Crippen molar-refractivity contribution in [3.63, 3.8) is 0 Å². The lowest BCUT2D eigenvalue weighted by Crippen LogP contribution is -2.32. The number of aromatic nitrogens is 3. The fourth-order valence-corrected chi connectivity index (χ4v) is 2.36. The van der Waals surface area contributed by atoms with Gasteiger partial charge < -0.3 is 16.0 Å². The predicted octanol–water partition coefficient (Wildman–Crippen LogP) is 2.04. The van der Waals surface area contributed by atoms with Crippen molar-refractivity contribution in [3.05, 3.63) is 0 Å². The Morgan fingerprint density at radius 1 is 1.11 bits per heavy atom. The van der Waals surface area contributed by atoms with Gasteiger partial charge in [-0.15, -0.1) is 0 Å². The maximum atomic E-state index is 5.80. The molecule has 19 heavy (non-hydrogen) atoms. The molecule has 0 amide bonds. The Morgan fingerprint density at radius 2 is 1.79 bits per heavy atom. The summed E-state index contributed by atoms with van der Waals surface area (Å²) in [6.45, 7) is 6.32. The van der Waals surface area contributed by atoms with Gasteiger partial charge in [-0.1, -0.05) is 13.8 Å². The number of hydrogen-bond acceptors (Lipinski definition) is 6. The molecular formula is C13H24N6. The van der Waals surface area contributed by atoms with Gasteiger partial charge in [-0.3, -0.25) is 0 Å². The molecule has 0 saturated carbocycles. The van der Waals surface area contributed by atoms with E-state index in [0.29, 0.717) is 23.9 Å². The summed E-state index contributed by atoms with van der Waals surface area (Å²) in [7, 11) is 0. The molecule has 2 heterocycles. The normalized spacial score (nSPS) is 15.8. The molecule has 6 nitrogen and oxygen atoms in total. The van der Waals surface area contributed by atoms with Crippen LogP contribution in [-0.2, 0) is 0 Å². The summed E-state index contributed by atoms with van der Waals surface area (Å²) in [6, 6.07) is 0.385. The summed E-state index contributed by atoms with van der Waals surface area (Å²) in [5.41, 5.74) is 5.80. The van der Waals surface area contributed by atoms with Gasteiger partial charge >= 0.3 is 0 Å². The maximum absolute atomic E-state index is 5.80. The summed E-state index contributed by atoms with van der Waals surface area (Å²) in [4.78, 5) is 15.1. The molecule has 106 valence electrons. The first-order valence-corrected chi connectivity index (χ1v) is 7.26. The van der Waals surface area contributed by atoms with E-state index in [9.17, 15) is 0 Å². The van der Waals surface area contributed by atoms with Gasteiger partial charge in [0, 0.05) is 19.1 Å². The molecule has 6 heteroatoms. The number of rotatable bonds is 5. The lowest BCUT2D eigenvalue weighted by Gasteiger charge is -2.27. The highest BCUT2D eigenvalue weighted by atomic mass is 15.3. The Bertz CT molecular complexity index is 398. The van der Waals surface area contributed by atoms with Crippen LogP contribution >= 0.6 is 0 Å². The lowest BCUT2D eigenvalue weighted by atomic mass is 10.1. The van der Waals surface area contributed by atoms with Gasteiger partial charge in [-0.2, -0.15) is 15.0 Å². The maximum Gasteiger partial charge on any atom is 0.231 e. The second-order valence-corrected chi connectivity index (χ2v) is 5.02. The Labute approximate surface area is 114 Å². The van der Waals surface area contributed by atoms with Crippen molar-refractivity contribution in [2.45, 2.75) is 52.0 Å². The highest BCUT2D eigenvalue weighted by Crippen LogP contribution is 2.18. The topological polar surface area (TPSA) is 80.0 Å². The molecule has 0 aromatic carbocycles. The number of piperidine rings is 1. The second-order valence-electron chi connectivity index (χ2n) is 5.02. The Morgan fingerprint density at radius 3 is 2.42 bits per heavy atom. The van der Waals surface area contributed by atoms with Crippen molar-refractivity contribution >= 4 is 17.8 Å². The van der Waals surface area contributed by atoms with E-state index in [1.165, 1.54) is 19.3 Å². The van der Waals surface area contributed by atoms with E-state index in [-0.39, 0.29) is 0 Å². The van der Waals surface area contributed by atoms with E-state index in [1.54, 1.807) is 0 Å². The highest BCUT2D eigenvalue weighted by molar-refractivity contribution is 5.42. The monoisotopic (exact) mass is 264 g/mol. The largest absolute Gasteiger partial charge is 0.368 e. The molecule has 1 fully saturated rings. The van der Waals surface area contributed by atoms with Crippen LogP contribution in [0.3, 0.4) is 0 Å². The third kappa shape index (κ3) is 3.68. The predicted molar refractivity (Wildman–Crippen MR) is 78.3 cm³/mol. The zero-order valence-corrected chi connectivity index (χ0v) is 11.9. The first-order chi connectivity index (χ1) is 9.22. The molecule has 0 spiro atoms. The smallest absolute Gasteiger partial charge is 0.231 e. The second kappa shape index (κ2) is 6.54. The van der Waals surface area contributed by atoms with Crippen LogP contribution < -0.4 is 16.0 Å². The van der Waals surface area contributed by atoms with Crippen molar-refractivity contribution < 1.29 is 0 Å². The van der Waals surface area contributed by atoms with Crippen molar-refractivity contribution in [2.24, 2.45) is 0 Å². The third-order valence-corrected chi connectivity index (χ3v) is 3.60. The number of nitrogens with two attached hydrogens (primary N) is 1. The number of nitrogen functional groups attached to an aromatic ring is 1. The van der Waals surface area contributed by atoms with Crippen molar-refractivity contribution in [2.75, 3.05) is 29.0 Å². The Hall–Kier alpha value is -1.59. The van der Waals surface area contributed by atoms with Crippen LogP contribution in [0.1, 0.15) is 46.0 Å². The van der Waals surface area contributed by atoms with Crippen LogP contribution in [0, 0.1) is 0 Å². The van der Waals surface area contributed by atoms with Crippen molar-refractivity contribution in [3.8, 4) is 0 Å². The van der Waals surface area contributed by atoms with E-state index in [4.69, 9.17) is 5.73 Å². The molecule has 1 saturated heterocycles. The molecule has 3 N–H and O–H groups in total. The molecule has 0 aliphatic carbocycles. The number of nitrogens with zero attached hydrogens (tertiary/aromatic N) is 4. The highest BCUT2D eigenvalue weighted by Gasteiger charge is 2.16. The molecule has 1 aliphatic rings. The van der Waals surface area contributed by atoms with Crippen LogP contribution in [0.15, 0.2) is 0 Å². The lowest BCUT2D eigenvalue weighted by molar-refractivity contribution is 0.567. The molecule has 0 atom stereocenters. The van der Waals surface area contributed by atoms with Gasteiger partial charge in [0.2, 0.25) is 17.8 Å². The zero-order chi connectivity index (χ0) is 13.7. The SMILES string of the molecule is CCC(CC)Nc1nc(N)nc(N2CCCCC2)n1. The molecule has 1 aliphatic heterocycles. The van der Waals surface area contributed by atoms with Crippen LogP contribution in [-0.4, -0.2) is 34.1 Å². The van der Waals surface area contributed by atoms with Crippen LogP contribution in [0.25, 0.3) is 0 Å². The van der Waals surface area contributed by atoms with E-state index in [2.05, 4.69) is 39.0 Å². The molecule has 0 bridgehead atoms. The third-order valence-electron chi connectivity index (χ3n) is 3.60. The molecule has 2 rings (SSSR count). The van der Waals surface area contributed by atoms with Crippen molar-refractivity contribution in [1.82, 2.24) is 15.0 Å². The molecule has 0 unspecified atom stereocenters. The average Bonchev–Trinajstić information content (AvgIpc) is 2.45. The fraction of sp³-hybridized carbons (Fsp3) is 0.769. The van der Waals surface area contributed by atoms with E-state index < -0.39 is 0 Å². The first kappa shape index (κ1) is 13.8.